The standard InChI is InChI=1S/C20H23ClO3/c1-4-9-24-19-8-7-15(12-18(19)21)11-17(20(22)23)16-10-13(2)5-6-14(16)3/h5-8,10,12,17H,4,9,11H2,1-3H3,(H,22,23). The fourth-order valence-corrected chi connectivity index (χ4v) is 2.96. The second-order valence-corrected chi connectivity index (χ2v) is 6.48. The molecule has 3 nitrogen and oxygen atoms in total. The van der Waals surface area contributed by atoms with Crippen molar-refractivity contribution < 1.29 is 14.6 Å². The molecule has 0 aliphatic carbocycles. The van der Waals surface area contributed by atoms with Gasteiger partial charge in [-0.25, -0.2) is 0 Å². The van der Waals surface area contributed by atoms with Gasteiger partial charge in [-0.05, 0) is 55.5 Å². The minimum atomic E-state index is -0.828. The van der Waals surface area contributed by atoms with Gasteiger partial charge in [-0.15, -0.1) is 0 Å². The average Bonchev–Trinajstić information content (AvgIpc) is 2.54. The number of benzene rings is 2. The lowest BCUT2D eigenvalue weighted by Crippen LogP contribution is -2.16. The first-order chi connectivity index (χ1) is 11.4. The topological polar surface area (TPSA) is 46.5 Å². The third kappa shape index (κ3) is 4.51. The largest absolute Gasteiger partial charge is 0.492 e. The fourth-order valence-electron chi connectivity index (χ4n) is 2.70. The predicted octanol–water partition coefficient (Wildman–Crippen LogP) is 5.16. The van der Waals surface area contributed by atoms with E-state index in [1.807, 2.05) is 51.1 Å². The number of aryl methyl sites for hydroxylation is 2. The van der Waals surface area contributed by atoms with Crippen LogP contribution in [0.2, 0.25) is 5.02 Å². The van der Waals surface area contributed by atoms with Gasteiger partial charge in [-0.3, -0.25) is 4.79 Å². The van der Waals surface area contributed by atoms with Gasteiger partial charge in [0.1, 0.15) is 5.75 Å². The number of ether oxygens (including phenoxy) is 1. The first-order valence-electron chi connectivity index (χ1n) is 8.13. The van der Waals surface area contributed by atoms with Crippen molar-refractivity contribution in [3.8, 4) is 5.75 Å². The van der Waals surface area contributed by atoms with E-state index in [4.69, 9.17) is 16.3 Å². The normalized spacial score (nSPS) is 12.0. The average molecular weight is 347 g/mol. The number of aliphatic carboxylic acids is 1. The van der Waals surface area contributed by atoms with E-state index in [-0.39, 0.29) is 0 Å². The summed E-state index contributed by atoms with van der Waals surface area (Å²) in [6.07, 6.45) is 1.30. The highest BCUT2D eigenvalue weighted by Gasteiger charge is 2.22. The van der Waals surface area contributed by atoms with Crippen LogP contribution in [-0.2, 0) is 11.2 Å². The lowest BCUT2D eigenvalue weighted by molar-refractivity contribution is -0.138. The molecule has 0 aliphatic heterocycles. The fraction of sp³-hybridized carbons (Fsp3) is 0.350. The molecule has 2 aromatic carbocycles. The molecular weight excluding hydrogens is 324 g/mol. The van der Waals surface area contributed by atoms with Crippen molar-refractivity contribution >= 4 is 17.6 Å². The highest BCUT2D eigenvalue weighted by Crippen LogP contribution is 2.30. The van der Waals surface area contributed by atoms with E-state index in [0.29, 0.717) is 23.8 Å². The summed E-state index contributed by atoms with van der Waals surface area (Å²) in [6, 6.07) is 11.4. The van der Waals surface area contributed by atoms with Crippen molar-refractivity contribution in [1.29, 1.82) is 0 Å². The van der Waals surface area contributed by atoms with Gasteiger partial charge in [-0.2, -0.15) is 0 Å². The van der Waals surface area contributed by atoms with Crippen molar-refractivity contribution in [3.63, 3.8) is 0 Å². The number of carbonyl (C=O) groups is 1. The number of carboxylic acids is 1. The second-order valence-electron chi connectivity index (χ2n) is 6.07. The lowest BCUT2D eigenvalue weighted by atomic mass is 9.88. The van der Waals surface area contributed by atoms with E-state index in [9.17, 15) is 9.90 Å². The van der Waals surface area contributed by atoms with Crippen molar-refractivity contribution in [3.05, 3.63) is 63.7 Å². The molecule has 0 amide bonds. The molecule has 1 unspecified atom stereocenters. The number of hydrogen-bond acceptors (Lipinski definition) is 2. The molecule has 0 aliphatic rings. The molecule has 1 N–H and O–H groups in total. The number of rotatable bonds is 7. The molecule has 0 spiro atoms. The SMILES string of the molecule is CCCOc1ccc(CC(C(=O)O)c2cc(C)ccc2C)cc1Cl. The second kappa shape index (κ2) is 8.20. The Labute approximate surface area is 148 Å². The molecule has 0 saturated heterocycles. The third-order valence-electron chi connectivity index (χ3n) is 4.01. The molecule has 0 fully saturated rings. The van der Waals surface area contributed by atoms with E-state index in [2.05, 4.69) is 0 Å². The Morgan fingerprint density at radius 3 is 2.58 bits per heavy atom. The van der Waals surface area contributed by atoms with E-state index in [0.717, 1.165) is 28.7 Å². The monoisotopic (exact) mass is 346 g/mol. The molecule has 0 saturated carbocycles. The molecule has 2 aromatic rings. The van der Waals surface area contributed by atoms with Crippen LogP contribution < -0.4 is 4.74 Å². The maximum Gasteiger partial charge on any atom is 0.311 e. The quantitative estimate of drug-likeness (QED) is 0.753. The van der Waals surface area contributed by atoms with E-state index in [1.54, 1.807) is 6.07 Å². The predicted molar refractivity (Wildman–Crippen MR) is 97.2 cm³/mol. The van der Waals surface area contributed by atoms with Crippen LogP contribution in [0.15, 0.2) is 36.4 Å². The van der Waals surface area contributed by atoms with Crippen LogP contribution in [0.4, 0.5) is 0 Å². The zero-order valence-electron chi connectivity index (χ0n) is 14.3. The van der Waals surface area contributed by atoms with Crippen LogP contribution in [0.1, 0.15) is 41.5 Å². The molecule has 128 valence electrons. The van der Waals surface area contributed by atoms with E-state index in [1.165, 1.54) is 0 Å². The minimum absolute atomic E-state index is 0.396. The highest BCUT2D eigenvalue weighted by atomic mass is 35.5. The first kappa shape index (κ1) is 18.3. The number of hydrogen-bond donors (Lipinski definition) is 1. The molecule has 0 heterocycles. The summed E-state index contributed by atoms with van der Waals surface area (Å²) in [4.78, 5) is 11.8. The molecule has 24 heavy (non-hydrogen) atoms. The Balaban J connectivity index is 2.27. The van der Waals surface area contributed by atoms with Crippen LogP contribution in [-0.4, -0.2) is 17.7 Å². The van der Waals surface area contributed by atoms with E-state index >= 15 is 0 Å². The summed E-state index contributed by atoms with van der Waals surface area (Å²) in [6.45, 7) is 6.56. The molecule has 2 rings (SSSR count). The lowest BCUT2D eigenvalue weighted by Gasteiger charge is -2.17. The molecule has 0 bridgehead atoms. The van der Waals surface area contributed by atoms with Crippen molar-refractivity contribution in [2.24, 2.45) is 0 Å². The number of halogens is 1. The van der Waals surface area contributed by atoms with Gasteiger partial charge in [0, 0.05) is 0 Å². The molecule has 1 atom stereocenters. The highest BCUT2D eigenvalue weighted by molar-refractivity contribution is 6.32. The van der Waals surface area contributed by atoms with E-state index < -0.39 is 11.9 Å². The smallest absolute Gasteiger partial charge is 0.311 e. The zero-order chi connectivity index (χ0) is 17.7. The number of carboxylic acid groups (broad SMARTS) is 1. The van der Waals surface area contributed by atoms with Crippen molar-refractivity contribution in [2.45, 2.75) is 39.5 Å². The van der Waals surface area contributed by atoms with Crippen LogP contribution in [0.5, 0.6) is 5.75 Å². The Bertz CT molecular complexity index is 725. The molecular formula is C20H23ClO3. The molecule has 0 aromatic heterocycles. The van der Waals surface area contributed by atoms with Gasteiger partial charge in [0.05, 0.1) is 17.5 Å². The Morgan fingerprint density at radius 1 is 1.21 bits per heavy atom. The summed E-state index contributed by atoms with van der Waals surface area (Å²) in [5.74, 6) is -0.782. The van der Waals surface area contributed by atoms with Crippen molar-refractivity contribution in [2.75, 3.05) is 6.61 Å². The van der Waals surface area contributed by atoms with Crippen LogP contribution in [0.25, 0.3) is 0 Å². The van der Waals surface area contributed by atoms with Crippen LogP contribution in [0, 0.1) is 13.8 Å². The summed E-state index contributed by atoms with van der Waals surface area (Å²) in [5.41, 5.74) is 3.78. The summed E-state index contributed by atoms with van der Waals surface area (Å²) >= 11 is 6.26. The van der Waals surface area contributed by atoms with Gasteiger partial charge in [0.15, 0.2) is 0 Å². The Kier molecular flexibility index (Phi) is 6.27. The third-order valence-corrected chi connectivity index (χ3v) is 4.30. The summed E-state index contributed by atoms with van der Waals surface area (Å²) in [5, 5.41) is 10.2. The summed E-state index contributed by atoms with van der Waals surface area (Å²) in [7, 11) is 0. The van der Waals surface area contributed by atoms with Gasteiger partial charge in [0.2, 0.25) is 0 Å². The zero-order valence-corrected chi connectivity index (χ0v) is 15.1. The van der Waals surface area contributed by atoms with Gasteiger partial charge in [0.25, 0.3) is 0 Å². The Morgan fingerprint density at radius 2 is 1.96 bits per heavy atom. The molecule has 4 heteroatoms. The maximum absolute atomic E-state index is 11.8. The van der Waals surface area contributed by atoms with Gasteiger partial charge < -0.3 is 9.84 Å². The minimum Gasteiger partial charge on any atom is -0.492 e. The van der Waals surface area contributed by atoms with Crippen LogP contribution in [0.3, 0.4) is 0 Å². The van der Waals surface area contributed by atoms with Gasteiger partial charge in [-0.1, -0.05) is 48.4 Å². The van der Waals surface area contributed by atoms with Crippen LogP contribution >= 0.6 is 11.6 Å². The Hall–Kier alpha value is -2.00. The molecule has 0 radical (unpaired) electrons. The summed E-state index contributed by atoms with van der Waals surface area (Å²) < 4.78 is 5.56. The van der Waals surface area contributed by atoms with Crippen molar-refractivity contribution in [1.82, 2.24) is 0 Å². The maximum atomic E-state index is 11.8. The first-order valence-corrected chi connectivity index (χ1v) is 8.51. The van der Waals surface area contributed by atoms with Gasteiger partial charge >= 0.3 is 5.97 Å².